The van der Waals surface area contributed by atoms with Crippen molar-refractivity contribution in [2.24, 2.45) is 0 Å². The highest BCUT2D eigenvalue weighted by atomic mass is 35.5. The molecule has 0 bridgehead atoms. The first-order valence-corrected chi connectivity index (χ1v) is 7.42. The van der Waals surface area contributed by atoms with E-state index in [1.165, 1.54) is 12.5 Å². The second-order valence-electron chi connectivity index (χ2n) is 3.93. The lowest BCUT2D eigenvalue weighted by Gasteiger charge is -2.08. The van der Waals surface area contributed by atoms with Crippen LogP contribution in [0.3, 0.4) is 0 Å². The van der Waals surface area contributed by atoms with Crippen LogP contribution in [0, 0.1) is 5.82 Å². The van der Waals surface area contributed by atoms with Crippen molar-refractivity contribution in [1.29, 1.82) is 0 Å². The van der Waals surface area contributed by atoms with Crippen LogP contribution in [-0.2, 0) is 16.6 Å². The van der Waals surface area contributed by atoms with Crippen molar-refractivity contribution in [1.82, 2.24) is 9.55 Å². The van der Waals surface area contributed by atoms with Crippen LogP contribution in [0.1, 0.15) is 6.92 Å². The lowest BCUT2D eigenvalue weighted by Crippen LogP contribution is -2.13. The number of aromatic nitrogens is 2. The van der Waals surface area contributed by atoms with Crippen LogP contribution in [0.25, 0.3) is 0 Å². The molecule has 2 N–H and O–H groups in total. The highest BCUT2D eigenvalue weighted by Gasteiger charge is 2.20. The molecule has 0 fully saturated rings. The molecule has 20 heavy (non-hydrogen) atoms. The fraction of sp³-hybridized carbons (Fsp3) is 0.182. The maximum absolute atomic E-state index is 13.1. The molecule has 0 amide bonds. The molecule has 2 aromatic rings. The number of anilines is 1. The summed E-state index contributed by atoms with van der Waals surface area (Å²) in [5, 5.41) is 9.01. The Balaban J connectivity index is 2.35. The van der Waals surface area contributed by atoms with E-state index in [0.29, 0.717) is 6.54 Å². The SMILES string of the molecule is CCn1cnc(S(=O)(=O)Nc2cc(Cl)c(F)cc2O)c1. The number of sulfonamides is 1. The standard InChI is InChI=1S/C11H11ClFN3O3S/c1-2-16-5-11(14-6-16)20(18,19)15-9-3-7(12)8(13)4-10(9)17/h3-6,15,17H,2H2,1H3. The summed E-state index contributed by atoms with van der Waals surface area (Å²) in [6.45, 7) is 2.40. The molecule has 0 aliphatic carbocycles. The summed E-state index contributed by atoms with van der Waals surface area (Å²) in [7, 11) is -3.98. The number of halogens is 2. The Morgan fingerprint density at radius 1 is 1.50 bits per heavy atom. The monoisotopic (exact) mass is 319 g/mol. The number of hydrogen-bond donors (Lipinski definition) is 2. The molecule has 0 saturated heterocycles. The van der Waals surface area contributed by atoms with Gasteiger partial charge in [-0.1, -0.05) is 11.6 Å². The molecule has 2 rings (SSSR count). The first-order valence-electron chi connectivity index (χ1n) is 5.56. The second kappa shape index (κ2) is 5.29. The predicted molar refractivity (Wildman–Crippen MR) is 71.8 cm³/mol. The van der Waals surface area contributed by atoms with E-state index in [2.05, 4.69) is 9.71 Å². The van der Waals surface area contributed by atoms with Crippen LogP contribution < -0.4 is 4.72 Å². The van der Waals surface area contributed by atoms with Gasteiger partial charge >= 0.3 is 0 Å². The highest BCUT2D eigenvalue weighted by Crippen LogP contribution is 2.30. The number of phenols is 1. The molecule has 0 saturated carbocycles. The third kappa shape index (κ3) is 2.86. The van der Waals surface area contributed by atoms with Crippen LogP contribution in [0.15, 0.2) is 29.7 Å². The smallest absolute Gasteiger partial charge is 0.281 e. The van der Waals surface area contributed by atoms with Crippen molar-refractivity contribution in [3.8, 4) is 5.75 Å². The van der Waals surface area contributed by atoms with Crippen molar-refractivity contribution in [2.45, 2.75) is 18.5 Å². The highest BCUT2D eigenvalue weighted by molar-refractivity contribution is 7.92. The first kappa shape index (κ1) is 14.6. The number of aromatic hydroxyl groups is 1. The normalized spacial score (nSPS) is 11.6. The summed E-state index contributed by atoms with van der Waals surface area (Å²) in [4.78, 5) is 3.75. The van der Waals surface area contributed by atoms with Gasteiger partial charge in [-0.3, -0.25) is 4.72 Å². The van der Waals surface area contributed by atoms with E-state index in [4.69, 9.17) is 11.6 Å². The number of nitrogens with zero attached hydrogens (tertiary/aromatic N) is 2. The summed E-state index contributed by atoms with van der Waals surface area (Å²) in [6, 6.07) is 1.71. The van der Waals surface area contributed by atoms with Gasteiger partial charge in [0.25, 0.3) is 10.0 Å². The minimum absolute atomic E-state index is 0.209. The lowest BCUT2D eigenvalue weighted by atomic mass is 10.3. The first-order chi connectivity index (χ1) is 9.33. The summed E-state index contributed by atoms with van der Waals surface area (Å²) in [5.74, 6) is -1.41. The van der Waals surface area contributed by atoms with Gasteiger partial charge in [-0.25, -0.2) is 9.37 Å². The van der Waals surface area contributed by atoms with Gasteiger partial charge in [0.05, 0.1) is 17.0 Å². The Kier molecular flexibility index (Phi) is 3.87. The van der Waals surface area contributed by atoms with Gasteiger partial charge in [-0.15, -0.1) is 0 Å². The van der Waals surface area contributed by atoms with Gasteiger partial charge in [0.15, 0.2) is 5.03 Å². The number of hydrogen-bond acceptors (Lipinski definition) is 4. The maximum Gasteiger partial charge on any atom is 0.281 e. The lowest BCUT2D eigenvalue weighted by molar-refractivity contribution is 0.471. The van der Waals surface area contributed by atoms with Gasteiger partial charge in [0.2, 0.25) is 0 Å². The number of benzene rings is 1. The third-order valence-electron chi connectivity index (χ3n) is 2.53. The molecule has 108 valence electrons. The van der Waals surface area contributed by atoms with E-state index < -0.39 is 21.6 Å². The van der Waals surface area contributed by atoms with Crippen molar-refractivity contribution >= 4 is 27.3 Å². The minimum Gasteiger partial charge on any atom is -0.506 e. The molecule has 0 spiro atoms. The number of aryl methyl sites for hydroxylation is 1. The molecule has 9 heteroatoms. The Labute approximate surface area is 119 Å². The molecule has 1 heterocycles. The average Bonchev–Trinajstić information content (AvgIpc) is 2.85. The molecular weight excluding hydrogens is 309 g/mol. The van der Waals surface area contributed by atoms with Crippen LogP contribution >= 0.6 is 11.6 Å². The van der Waals surface area contributed by atoms with Crippen molar-refractivity contribution in [2.75, 3.05) is 4.72 Å². The molecule has 0 aliphatic heterocycles. The van der Waals surface area contributed by atoms with Crippen molar-refractivity contribution < 1.29 is 17.9 Å². The van der Waals surface area contributed by atoms with E-state index >= 15 is 0 Å². The number of imidazole rings is 1. The maximum atomic E-state index is 13.1. The zero-order valence-electron chi connectivity index (χ0n) is 10.3. The summed E-state index contributed by atoms with van der Waals surface area (Å²) >= 11 is 5.55. The van der Waals surface area contributed by atoms with Gasteiger partial charge < -0.3 is 9.67 Å². The van der Waals surface area contributed by atoms with E-state index in [0.717, 1.165) is 12.1 Å². The molecule has 0 unspecified atom stereocenters. The third-order valence-corrected chi connectivity index (χ3v) is 4.07. The Hall–Kier alpha value is -1.80. The minimum atomic E-state index is -3.98. The zero-order chi connectivity index (χ0) is 14.9. The number of nitrogens with one attached hydrogen (secondary N) is 1. The fourth-order valence-electron chi connectivity index (χ4n) is 1.47. The fourth-order valence-corrected chi connectivity index (χ4v) is 2.65. The van der Waals surface area contributed by atoms with Gasteiger partial charge in [0.1, 0.15) is 11.6 Å². The molecule has 1 aromatic heterocycles. The predicted octanol–water partition coefficient (Wildman–Crippen LogP) is 2.20. The van der Waals surface area contributed by atoms with Gasteiger partial charge in [-0.2, -0.15) is 8.42 Å². The van der Waals surface area contributed by atoms with Crippen molar-refractivity contribution in [3.63, 3.8) is 0 Å². The Bertz CT molecular complexity index is 745. The van der Waals surface area contributed by atoms with E-state index in [9.17, 15) is 17.9 Å². The van der Waals surface area contributed by atoms with Crippen LogP contribution in [0.2, 0.25) is 5.02 Å². The Morgan fingerprint density at radius 3 is 2.80 bits per heavy atom. The quantitative estimate of drug-likeness (QED) is 0.846. The molecule has 0 aliphatic rings. The second-order valence-corrected chi connectivity index (χ2v) is 5.97. The van der Waals surface area contributed by atoms with Crippen LogP contribution in [-0.4, -0.2) is 23.1 Å². The van der Waals surface area contributed by atoms with E-state index in [-0.39, 0.29) is 15.7 Å². The summed E-state index contributed by atoms with van der Waals surface area (Å²) in [6.07, 6.45) is 2.70. The topological polar surface area (TPSA) is 84.2 Å². The van der Waals surface area contributed by atoms with Gasteiger partial charge in [-0.05, 0) is 13.0 Å². The zero-order valence-corrected chi connectivity index (χ0v) is 11.9. The number of phenolic OH excluding ortho intramolecular Hbond substituents is 1. The van der Waals surface area contributed by atoms with E-state index in [1.807, 2.05) is 6.92 Å². The Morgan fingerprint density at radius 2 is 2.20 bits per heavy atom. The molecule has 6 nitrogen and oxygen atoms in total. The summed E-state index contributed by atoms with van der Waals surface area (Å²) in [5.41, 5.74) is -0.220. The summed E-state index contributed by atoms with van der Waals surface area (Å²) < 4.78 is 40.8. The largest absolute Gasteiger partial charge is 0.506 e. The van der Waals surface area contributed by atoms with Gasteiger partial charge in [0, 0.05) is 18.8 Å². The van der Waals surface area contributed by atoms with Crippen LogP contribution in [0.5, 0.6) is 5.75 Å². The number of rotatable bonds is 4. The molecule has 1 aromatic carbocycles. The molecule has 0 radical (unpaired) electrons. The molecule has 0 atom stereocenters. The van der Waals surface area contributed by atoms with Crippen molar-refractivity contribution in [3.05, 3.63) is 35.5 Å². The van der Waals surface area contributed by atoms with E-state index in [1.54, 1.807) is 4.57 Å². The van der Waals surface area contributed by atoms with Crippen LogP contribution in [0.4, 0.5) is 10.1 Å². The average molecular weight is 320 g/mol. The molecular formula is C11H11ClFN3O3S.